The highest BCUT2D eigenvalue weighted by atomic mass is 16.4. The summed E-state index contributed by atoms with van der Waals surface area (Å²) in [6.45, 7) is 11.6. The fourth-order valence-electron chi connectivity index (χ4n) is 3.24. The fraction of sp³-hybridized carbons (Fsp3) is 0.833. The predicted molar refractivity (Wildman–Crippen MR) is 90.1 cm³/mol. The van der Waals surface area contributed by atoms with Gasteiger partial charge in [-0.25, -0.2) is 0 Å². The molecule has 130 valence electrons. The molecule has 0 N–H and O–H groups in total. The molecule has 0 unspecified atom stereocenters. The Labute approximate surface area is 139 Å². The Hall–Kier alpha value is -1.39. The van der Waals surface area contributed by atoms with Crippen molar-refractivity contribution in [1.82, 2.24) is 15.1 Å². The van der Waals surface area contributed by atoms with Gasteiger partial charge >= 0.3 is 0 Å². The number of carbonyl (C=O) groups is 1. The van der Waals surface area contributed by atoms with Crippen LogP contribution in [0.1, 0.15) is 78.0 Å². The third-order valence-electron chi connectivity index (χ3n) is 4.84. The van der Waals surface area contributed by atoms with E-state index in [1.165, 1.54) is 6.42 Å². The Morgan fingerprint density at radius 2 is 1.96 bits per heavy atom. The van der Waals surface area contributed by atoms with Gasteiger partial charge in [0.1, 0.15) is 0 Å². The minimum Gasteiger partial charge on any atom is -0.425 e. The summed E-state index contributed by atoms with van der Waals surface area (Å²) in [6, 6.07) is 0.362. The van der Waals surface area contributed by atoms with Crippen molar-refractivity contribution in [1.29, 1.82) is 0 Å². The quantitative estimate of drug-likeness (QED) is 0.827. The first-order valence-electron chi connectivity index (χ1n) is 9.00. The van der Waals surface area contributed by atoms with Crippen LogP contribution >= 0.6 is 0 Å². The monoisotopic (exact) mass is 321 g/mol. The average Bonchev–Trinajstić information content (AvgIpc) is 2.88. The van der Waals surface area contributed by atoms with Crippen molar-refractivity contribution in [2.75, 3.05) is 6.54 Å². The molecule has 5 nitrogen and oxygen atoms in total. The van der Waals surface area contributed by atoms with E-state index in [4.69, 9.17) is 4.42 Å². The first-order chi connectivity index (χ1) is 10.9. The third kappa shape index (κ3) is 4.79. The number of rotatable bonds is 5. The van der Waals surface area contributed by atoms with Crippen LogP contribution < -0.4 is 0 Å². The normalized spacial score (nSPS) is 22.7. The summed E-state index contributed by atoms with van der Waals surface area (Å²) in [5.74, 6) is 2.88. The highest BCUT2D eigenvalue weighted by Gasteiger charge is 2.29. The summed E-state index contributed by atoms with van der Waals surface area (Å²) < 4.78 is 5.61. The molecule has 2 heterocycles. The summed E-state index contributed by atoms with van der Waals surface area (Å²) in [5.41, 5.74) is 0. The zero-order chi connectivity index (χ0) is 17.0. The highest BCUT2D eigenvalue weighted by Crippen LogP contribution is 2.26. The molecule has 1 aliphatic rings. The zero-order valence-corrected chi connectivity index (χ0v) is 15.2. The van der Waals surface area contributed by atoms with Gasteiger partial charge in [0, 0.05) is 31.3 Å². The van der Waals surface area contributed by atoms with Crippen LogP contribution in [0.4, 0.5) is 0 Å². The maximum Gasteiger partial charge on any atom is 0.223 e. The molecule has 0 aromatic carbocycles. The van der Waals surface area contributed by atoms with Crippen LogP contribution in [-0.4, -0.2) is 33.6 Å². The molecule has 23 heavy (non-hydrogen) atoms. The molecule has 1 saturated heterocycles. The van der Waals surface area contributed by atoms with Gasteiger partial charge in [0.25, 0.3) is 0 Å². The average molecular weight is 321 g/mol. The predicted octanol–water partition coefficient (Wildman–Crippen LogP) is 3.80. The molecule has 0 bridgehead atoms. The van der Waals surface area contributed by atoms with Crippen molar-refractivity contribution in [2.45, 2.75) is 78.7 Å². The molecule has 1 aliphatic heterocycles. The third-order valence-corrected chi connectivity index (χ3v) is 4.84. The van der Waals surface area contributed by atoms with Crippen LogP contribution in [-0.2, 0) is 11.2 Å². The van der Waals surface area contributed by atoms with Crippen LogP contribution in [0.3, 0.4) is 0 Å². The van der Waals surface area contributed by atoms with Crippen molar-refractivity contribution in [3.05, 3.63) is 11.8 Å². The summed E-state index contributed by atoms with van der Waals surface area (Å²) in [7, 11) is 0. The largest absolute Gasteiger partial charge is 0.425 e. The standard InChI is InChI=1S/C18H31N3O2/c1-12(2)15-7-6-14(5)10-11-21(15)17(22)9-8-16-19-20-18(23-16)13(3)4/h12-15H,6-11H2,1-5H3/t14-,15-/m0/s1. The number of aromatic nitrogens is 2. The van der Waals surface area contributed by atoms with Crippen LogP contribution in [0, 0.1) is 11.8 Å². The number of likely N-dealkylation sites (tertiary alicyclic amines) is 1. The maximum absolute atomic E-state index is 12.7. The van der Waals surface area contributed by atoms with Crippen molar-refractivity contribution < 1.29 is 9.21 Å². The second kappa shape index (κ2) is 7.93. The molecule has 0 radical (unpaired) electrons. The first kappa shape index (κ1) is 18.0. The molecule has 1 aromatic heterocycles. The van der Waals surface area contributed by atoms with Gasteiger partial charge in [-0.3, -0.25) is 4.79 Å². The maximum atomic E-state index is 12.7. The van der Waals surface area contributed by atoms with Crippen molar-refractivity contribution in [3.63, 3.8) is 0 Å². The second-order valence-corrected chi connectivity index (χ2v) is 7.56. The van der Waals surface area contributed by atoms with E-state index in [9.17, 15) is 4.79 Å². The summed E-state index contributed by atoms with van der Waals surface area (Å²) in [6.07, 6.45) is 4.43. The Morgan fingerprint density at radius 1 is 1.22 bits per heavy atom. The lowest BCUT2D eigenvalue weighted by molar-refractivity contribution is -0.134. The van der Waals surface area contributed by atoms with Gasteiger partial charge in [0.05, 0.1) is 0 Å². The van der Waals surface area contributed by atoms with E-state index in [2.05, 4.69) is 35.9 Å². The van der Waals surface area contributed by atoms with E-state index < -0.39 is 0 Å². The molecular weight excluding hydrogens is 290 g/mol. The molecule has 1 amide bonds. The number of amides is 1. The Morgan fingerprint density at radius 3 is 2.57 bits per heavy atom. The van der Waals surface area contributed by atoms with E-state index in [0.717, 1.165) is 19.4 Å². The molecule has 0 aliphatic carbocycles. The Balaban J connectivity index is 1.96. The van der Waals surface area contributed by atoms with E-state index in [0.29, 0.717) is 42.5 Å². The van der Waals surface area contributed by atoms with Gasteiger partial charge in [-0.1, -0.05) is 34.6 Å². The van der Waals surface area contributed by atoms with Gasteiger partial charge in [-0.05, 0) is 31.1 Å². The Kier molecular flexibility index (Phi) is 6.19. The van der Waals surface area contributed by atoms with E-state index >= 15 is 0 Å². The zero-order valence-electron chi connectivity index (χ0n) is 15.2. The molecule has 2 atom stereocenters. The first-order valence-corrected chi connectivity index (χ1v) is 9.00. The SMILES string of the molecule is CC(C)c1nnc(CCC(=O)N2CC[C@@H](C)CC[C@H]2C(C)C)o1. The van der Waals surface area contributed by atoms with E-state index in [-0.39, 0.29) is 11.8 Å². The second-order valence-electron chi connectivity index (χ2n) is 7.56. The minimum absolute atomic E-state index is 0.224. The number of nitrogens with zero attached hydrogens (tertiary/aromatic N) is 3. The lowest BCUT2D eigenvalue weighted by Crippen LogP contribution is -2.43. The highest BCUT2D eigenvalue weighted by molar-refractivity contribution is 5.76. The molecule has 0 saturated carbocycles. The molecular formula is C18H31N3O2. The molecule has 1 aromatic rings. The van der Waals surface area contributed by atoms with Crippen molar-refractivity contribution >= 4 is 5.91 Å². The van der Waals surface area contributed by atoms with Crippen LogP contribution in [0.5, 0.6) is 0 Å². The van der Waals surface area contributed by atoms with Gasteiger partial charge < -0.3 is 9.32 Å². The van der Waals surface area contributed by atoms with E-state index in [1.807, 2.05) is 13.8 Å². The molecule has 1 fully saturated rings. The van der Waals surface area contributed by atoms with Crippen molar-refractivity contribution in [3.8, 4) is 0 Å². The van der Waals surface area contributed by atoms with E-state index in [1.54, 1.807) is 0 Å². The number of hydrogen-bond acceptors (Lipinski definition) is 4. The Bertz CT molecular complexity index is 510. The van der Waals surface area contributed by atoms with Crippen LogP contribution in [0.2, 0.25) is 0 Å². The van der Waals surface area contributed by atoms with Crippen LogP contribution in [0.25, 0.3) is 0 Å². The number of aryl methyl sites for hydroxylation is 1. The van der Waals surface area contributed by atoms with Gasteiger partial charge in [0.15, 0.2) is 0 Å². The smallest absolute Gasteiger partial charge is 0.223 e. The molecule has 5 heteroatoms. The topological polar surface area (TPSA) is 59.2 Å². The molecule has 0 spiro atoms. The molecule has 2 rings (SSSR count). The van der Waals surface area contributed by atoms with Gasteiger partial charge in [0.2, 0.25) is 17.7 Å². The lowest BCUT2D eigenvalue weighted by Gasteiger charge is -2.33. The van der Waals surface area contributed by atoms with Crippen LogP contribution in [0.15, 0.2) is 4.42 Å². The minimum atomic E-state index is 0.224. The van der Waals surface area contributed by atoms with Gasteiger partial charge in [-0.15, -0.1) is 10.2 Å². The van der Waals surface area contributed by atoms with Crippen molar-refractivity contribution in [2.24, 2.45) is 11.8 Å². The summed E-state index contributed by atoms with van der Waals surface area (Å²) in [4.78, 5) is 14.8. The fourth-order valence-corrected chi connectivity index (χ4v) is 3.24. The summed E-state index contributed by atoms with van der Waals surface area (Å²) in [5, 5.41) is 8.08. The van der Waals surface area contributed by atoms with Gasteiger partial charge in [-0.2, -0.15) is 0 Å². The number of carbonyl (C=O) groups excluding carboxylic acids is 1. The summed E-state index contributed by atoms with van der Waals surface area (Å²) >= 11 is 0. The number of hydrogen-bond donors (Lipinski definition) is 0. The lowest BCUT2D eigenvalue weighted by atomic mass is 9.95.